The lowest BCUT2D eigenvalue weighted by Gasteiger charge is -2.37. The molecule has 0 spiro atoms. The summed E-state index contributed by atoms with van der Waals surface area (Å²) in [6.07, 6.45) is 7.27. The smallest absolute Gasteiger partial charge is 0.253 e. The molecule has 1 aliphatic rings. The molecule has 5 rings (SSSR count). The van der Waals surface area contributed by atoms with Crippen LogP contribution in [0.3, 0.4) is 0 Å². The van der Waals surface area contributed by atoms with Crippen molar-refractivity contribution in [2.24, 2.45) is 11.7 Å². The van der Waals surface area contributed by atoms with Gasteiger partial charge in [-0.15, -0.1) is 0 Å². The second-order valence-corrected chi connectivity index (χ2v) is 9.93. The molecule has 1 amide bonds. The van der Waals surface area contributed by atoms with Gasteiger partial charge in [-0.2, -0.15) is 0 Å². The first-order valence-electron chi connectivity index (χ1n) is 12.5. The van der Waals surface area contributed by atoms with Crippen molar-refractivity contribution in [1.29, 1.82) is 0 Å². The van der Waals surface area contributed by atoms with Gasteiger partial charge in [0.2, 0.25) is 5.91 Å². The van der Waals surface area contributed by atoms with Crippen LogP contribution in [-0.2, 0) is 16.8 Å². The Morgan fingerprint density at radius 3 is 2.09 bits per heavy atom. The molecule has 2 atom stereocenters. The minimum Gasteiger partial charge on any atom is -0.369 e. The van der Waals surface area contributed by atoms with Gasteiger partial charge >= 0.3 is 0 Å². The Hall–Kier alpha value is -3.66. The first-order valence-corrected chi connectivity index (χ1v) is 12.5. The van der Waals surface area contributed by atoms with Crippen LogP contribution >= 0.6 is 0 Å². The average molecular weight is 465 g/mol. The van der Waals surface area contributed by atoms with Crippen LogP contribution < -0.4 is 10.3 Å². The number of aryl methyl sites for hydroxylation is 1. The van der Waals surface area contributed by atoms with Crippen molar-refractivity contribution in [1.82, 2.24) is 4.57 Å². The van der Waals surface area contributed by atoms with Gasteiger partial charge in [-0.3, -0.25) is 4.79 Å². The summed E-state index contributed by atoms with van der Waals surface area (Å²) in [7, 11) is 0. The molecule has 4 aromatic rings. The van der Waals surface area contributed by atoms with Gasteiger partial charge in [0.25, 0.3) is 5.82 Å². The van der Waals surface area contributed by atoms with Crippen molar-refractivity contribution in [3.63, 3.8) is 0 Å². The maximum atomic E-state index is 13.4. The monoisotopic (exact) mass is 464 g/mol. The molecule has 1 fully saturated rings. The van der Waals surface area contributed by atoms with E-state index in [1.54, 1.807) is 0 Å². The zero-order valence-corrected chi connectivity index (χ0v) is 20.6. The number of carbonyl (C=O) groups is 1. The van der Waals surface area contributed by atoms with Crippen LogP contribution in [0.4, 0.5) is 0 Å². The van der Waals surface area contributed by atoms with Crippen LogP contribution in [0.15, 0.2) is 97.3 Å². The van der Waals surface area contributed by atoms with E-state index in [9.17, 15) is 4.79 Å². The fourth-order valence-corrected chi connectivity index (χ4v) is 6.09. The van der Waals surface area contributed by atoms with E-state index in [4.69, 9.17) is 5.73 Å². The number of hydrogen-bond acceptors (Lipinski definition) is 1. The molecule has 3 aromatic carbocycles. The maximum absolute atomic E-state index is 13.4. The SMILES string of the molecule is Cc1ccc(C[n+]2ccn([C@@H]3CC[C@H](C(C(N)=O)(c4ccccc4)c4ccccc4)C3)c2C)cc1. The van der Waals surface area contributed by atoms with E-state index in [-0.39, 0.29) is 11.8 Å². The van der Waals surface area contributed by atoms with Crippen molar-refractivity contribution < 1.29 is 9.36 Å². The second kappa shape index (κ2) is 9.53. The lowest BCUT2D eigenvalue weighted by molar-refractivity contribution is -0.694. The minimum atomic E-state index is -0.837. The van der Waals surface area contributed by atoms with Crippen molar-refractivity contribution >= 4 is 5.91 Å². The molecule has 4 heteroatoms. The van der Waals surface area contributed by atoms with E-state index in [1.807, 2.05) is 36.4 Å². The highest BCUT2D eigenvalue weighted by Crippen LogP contribution is 2.49. The normalized spacial score (nSPS) is 18.0. The summed E-state index contributed by atoms with van der Waals surface area (Å²) in [5.41, 5.74) is 10.00. The second-order valence-electron chi connectivity index (χ2n) is 9.93. The van der Waals surface area contributed by atoms with Gasteiger partial charge < -0.3 is 5.73 Å². The Kier molecular flexibility index (Phi) is 6.29. The lowest BCUT2D eigenvalue weighted by Crippen LogP contribution is -2.47. The van der Waals surface area contributed by atoms with E-state index >= 15 is 0 Å². The number of hydrogen-bond donors (Lipinski definition) is 1. The first kappa shape index (κ1) is 23.1. The van der Waals surface area contributed by atoms with Gasteiger partial charge in [-0.25, -0.2) is 9.13 Å². The molecule has 1 aromatic heterocycles. The van der Waals surface area contributed by atoms with Gasteiger partial charge in [0.15, 0.2) is 0 Å². The Morgan fingerprint density at radius 2 is 1.51 bits per heavy atom. The molecule has 0 unspecified atom stereocenters. The highest BCUT2D eigenvalue weighted by molar-refractivity contribution is 5.91. The predicted molar refractivity (Wildman–Crippen MR) is 139 cm³/mol. The third-order valence-corrected chi connectivity index (χ3v) is 7.93. The summed E-state index contributed by atoms with van der Waals surface area (Å²) >= 11 is 0. The van der Waals surface area contributed by atoms with Crippen molar-refractivity contribution in [2.75, 3.05) is 0 Å². The molecule has 0 bridgehead atoms. The first-order chi connectivity index (χ1) is 17.0. The fourth-order valence-electron chi connectivity index (χ4n) is 6.09. The van der Waals surface area contributed by atoms with Crippen LogP contribution in [0.2, 0.25) is 0 Å². The zero-order valence-electron chi connectivity index (χ0n) is 20.6. The van der Waals surface area contributed by atoms with Crippen LogP contribution in [0.25, 0.3) is 0 Å². The Balaban J connectivity index is 1.47. The van der Waals surface area contributed by atoms with Gasteiger partial charge in [0.05, 0.1) is 0 Å². The summed E-state index contributed by atoms with van der Waals surface area (Å²) in [6.45, 7) is 5.16. The Morgan fingerprint density at radius 1 is 0.914 bits per heavy atom. The van der Waals surface area contributed by atoms with E-state index in [0.717, 1.165) is 36.9 Å². The third kappa shape index (κ3) is 4.18. The molecular formula is C31H34N3O+. The van der Waals surface area contributed by atoms with E-state index in [2.05, 4.69) is 83.9 Å². The van der Waals surface area contributed by atoms with Crippen molar-refractivity contribution in [3.05, 3.63) is 125 Å². The molecular weight excluding hydrogens is 430 g/mol. The van der Waals surface area contributed by atoms with Gasteiger partial charge in [0, 0.05) is 6.92 Å². The van der Waals surface area contributed by atoms with Crippen molar-refractivity contribution in [3.8, 4) is 0 Å². The number of nitrogens with zero attached hydrogens (tertiary/aromatic N) is 2. The third-order valence-electron chi connectivity index (χ3n) is 7.93. The van der Waals surface area contributed by atoms with Gasteiger partial charge in [-0.05, 0) is 48.8 Å². The number of nitrogens with two attached hydrogens (primary N) is 1. The topological polar surface area (TPSA) is 51.9 Å². The molecule has 0 aliphatic heterocycles. The number of amides is 1. The van der Waals surface area contributed by atoms with Crippen LogP contribution in [0, 0.1) is 19.8 Å². The molecule has 1 aliphatic carbocycles. The van der Waals surface area contributed by atoms with Crippen LogP contribution in [-0.4, -0.2) is 10.5 Å². The molecule has 1 heterocycles. The standard InChI is InChI=1S/C31H33N3O/c1-23-13-15-25(16-14-23)22-33-19-20-34(24(33)2)29-18-17-28(21-29)31(30(32)35,26-9-5-3-6-10-26)27-11-7-4-8-12-27/h3-16,19-20,28-29H,17-18,21-22H2,1-2H3,(H-,32,35)/p+1/t28-,29+/m0/s1. The van der Waals surface area contributed by atoms with Crippen LogP contribution in [0.5, 0.6) is 0 Å². The van der Waals surface area contributed by atoms with Gasteiger partial charge in [-0.1, -0.05) is 90.5 Å². The molecule has 0 radical (unpaired) electrons. The summed E-state index contributed by atoms with van der Waals surface area (Å²) in [5, 5.41) is 0. The number of aromatic nitrogens is 2. The molecule has 178 valence electrons. The van der Waals surface area contributed by atoms with E-state index in [0.29, 0.717) is 6.04 Å². The summed E-state index contributed by atoms with van der Waals surface area (Å²) < 4.78 is 4.71. The zero-order chi connectivity index (χ0) is 24.4. The van der Waals surface area contributed by atoms with E-state index < -0.39 is 5.41 Å². The molecule has 0 saturated heterocycles. The molecule has 2 N–H and O–H groups in total. The number of carbonyl (C=O) groups excluding carboxylic acids is 1. The number of imidazole rings is 1. The number of benzene rings is 3. The highest BCUT2D eigenvalue weighted by Gasteiger charge is 2.51. The average Bonchev–Trinajstić information content (AvgIpc) is 3.49. The molecule has 35 heavy (non-hydrogen) atoms. The summed E-state index contributed by atoms with van der Waals surface area (Å²) in [5.74, 6) is 1.10. The van der Waals surface area contributed by atoms with Crippen molar-refractivity contribution in [2.45, 2.75) is 51.1 Å². The van der Waals surface area contributed by atoms with Crippen LogP contribution in [0.1, 0.15) is 53.4 Å². The summed E-state index contributed by atoms with van der Waals surface area (Å²) in [4.78, 5) is 13.4. The number of rotatable bonds is 7. The highest BCUT2D eigenvalue weighted by atomic mass is 16.1. The molecule has 1 saturated carbocycles. The largest absolute Gasteiger partial charge is 0.369 e. The quantitative estimate of drug-likeness (QED) is 0.373. The Labute approximate surface area is 208 Å². The minimum absolute atomic E-state index is 0.127. The lowest BCUT2D eigenvalue weighted by atomic mass is 9.64. The molecule has 4 nitrogen and oxygen atoms in total. The van der Waals surface area contributed by atoms with Gasteiger partial charge in [0.1, 0.15) is 30.4 Å². The summed E-state index contributed by atoms with van der Waals surface area (Å²) in [6, 6.07) is 29.3. The Bertz CT molecular complexity index is 1250. The number of primary amides is 1. The maximum Gasteiger partial charge on any atom is 0.253 e. The predicted octanol–water partition coefficient (Wildman–Crippen LogP) is 5.25. The van der Waals surface area contributed by atoms with E-state index in [1.165, 1.54) is 17.0 Å². The fraction of sp³-hybridized carbons (Fsp3) is 0.290.